The van der Waals surface area contributed by atoms with Crippen molar-refractivity contribution in [2.45, 2.75) is 108 Å². The number of hydrogen-bond acceptors (Lipinski definition) is 24. The fourth-order valence-corrected chi connectivity index (χ4v) is 19.3. The lowest BCUT2D eigenvalue weighted by atomic mass is 10.1. The molecule has 0 saturated heterocycles. The number of anilines is 9. The van der Waals surface area contributed by atoms with Gasteiger partial charge in [0.15, 0.2) is 11.4 Å². The number of aromatic nitrogens is 18. The van der Waals surface area contributed by atoms with Gasteiger partial charge >= 0.3 is 0 Å². The van der Waals surface area contributed by atoms with Crippen molar-refractivity contribution >= 4 is 212 Å². The third-order valence-electron chi connectivity index (χ3n) is 25.9. The number of aliphatic hydroxyl groups excluding tert-OH is 3. The van der Waals surface area contributed by atoms with E-state index in [-0.39, 0.29) is 33.2 Å². The zero-order valence-corrected chi connectivity index (χ0v) is 82.6. The van der Waals surface area contributed by atoms with Crippen LogP contribution in [0.5, 0.6) is 0 Å². The third-order valence-corrected chi connectivity index (χ3v) is 26.1. The molecule has 149 heavy (non-hydrogen) atoms. The minimum atomic E-state index is -0.144. The second-order valence-electron chi connectivity index (χ2n) is 35.9. The molecule has 0 spiro atoms. The number of halogens is 1. The number of fused-ring (bicyclic) bond motifs is 18. The summed E-state index contributed by atoms with van der Waals surface area (Å²) in [4.78, 5) is 70.7. The average Bonchev–Trinajstić information content (AvgIpc) is 1.65. The van der Waals surface area contributed by atoms with Gasteiger partial charge in [0.25, 0.3) is 0 Å². The van der Waals surface area contributed by atoms with Gasteiger partial charge in [0.2, 0.25) is 5.91 Å². The van der Waals surface area contributed by atoms with E-state index in [0.29, 0.717) is 118 Å². The van der Waals surface area contributed by atoms with E-state index >= 15 is 0 Å². The molecule has 20 N–H and O–H groups in total. The third kappa shape index (κ3) is 20.8. The minimum absolute atomic E-state index is 0. The van der Waals surface area contributed by atoms with Gasteiger partial charge in [-0.2, -0.15) is 0 Å². The first kappa shape index (κ1) is 100. The summed E-state index contributed by atoms with van der Waals surface area (Å²) in [5.41, 5.74) is 72.1. The topological polar surface area (TPSA) is 491 Å². The van der Waals surface area contributed by atoms with Crippen molar-refractivity contribution in [2.24, 2.45) is 0 Å². The molecule has 0 radical (unpaired) electrons. The lowest BCUT2D eigenvalue weighted by Crippen LogP contribution is -2.08. The number of benzene rings is 12. The van der Waals surface area contributed by atoms with Crippen LogP contribution < -0.4 is 51.2 Å². The Kier molecular flexibility index (Phi) is 28.5. The molecule has 34 heteroatoms. The summed E-state index contributed by atoms with van der Waals surface area (Å²) in [7, 11) is 0. The predicted octanol–water partition coefficient (Wildman–Crippen LogP) is 21.1. The molecule has 742 valence electrons. The van der Waals surface area contributed by atoms with Crippen molar-refractivity contribution in [3.8, 4) is 5.69 Å². The second-order valence-corrected chi connectivity index (χ2v) is 36.4. The summed E-state index contributed by atoms with van der Waals surface area (Å²) < 4.78 is 12.8. The number of nitrogens with zero attached hydrogens (tertiary/aromatic N) is 20. The molecule has 0 bridgehead atoms. The van der Waals surface area contributed by atoms with E-state index in [1.807, 2.05) is 273 Å². The molecule has 0 aliphatic heterocycles. The number of aliphatic hydroxyl groups is 3. The van der Waals surface area contributed by atoms with Gasteiger partial charge in [-0.15, -0.1) is 0 Å². The zero-order valence-electron chi connectivity index (χ0n) is 81.8. The molecule has 12 aromatic carbocycles. The number of rotatable bonds is 15. The van der Waals surface area contributed by atoms with Crippen LogP contribution in [0.2, 0.25) is 5.02 Å². The van der Waals surface area contributed by atoms with E-state index in [0.717, 1.165) is 194 Å². The molecular weight excluding hydrogens is 1890 g/mol. The van der Waals surface area contributed by atoms with Gasteiger partial charge in [0, 0.05) is 165 Å². The number of nitrogen functional groups attached to an aromatic ring is 8. The fraction of sp³-hybridized carbons (Fsp3) is 0.139. The van der Waals surface area contributed by atoms with Gasteiger partial charge in [-0.25, -0.2) is 69.5 Å². The molecule has 0 fully saturated rings. The second kappa shape index (κ2) is 42.5. The molecule has 0 saturated carbocycles. The summed E-state index contributed by atoms with van der Waals surface area (Å²) in [6.07, 6.45) is 12.1. The molecule has 1 amide bonds. The standard InChI is InChI=1S/C21H21N5O2.2C19H19N5O.C19H15N5.C18H15ClN4.C18H13N5.CH4/c1-12-23-18-5-6-19-17(20(18)21(22)24-12)7-8-26(19)10-14-3-4-16(25-13(2)28)9-15(14)11-27;1-11-22-16-4-5-17-15(18(16)19(21)23-11)6-7-24(17)9-13-8-14(20)3-2-12(13)10-25;1-11-22-16-4-5-17-15(18(16)19(21)23-11)6-7-24(17)9-12-2-3-14(20)8-13(12)10-25;1-12-22-16-7-8-17-15(18(16)19(20)23-12)9-10-24(17)11-13-3-5-14(21-2)6-4-13;1-11-21-15-6-7-16-14(17(15)18(20)22-11)8-9-23(16)10-12-2-4-13(19)5-3-12;1-11-21-15-7-8-16-14(17(15)18(19)22-11)9-10-23(16)13-5-3-12(20-2)4-6-13;/h3-9,27H,10-11H2,1-2H3,(H,25,28)(H2,22,23,24);2*2-8,25H,9-10,20H2,1H3,(H2,21,22,23);3-10H,11H2,1H3,(H2,20,22,23);2-9H,10H2,1H3,(H2,20,21,22);3-10H,1H3,(H2,19,21,22);1H4. The van der Waals surface area contributed by atoms with E-state index in [9.17, 15) is 20.1 Å². The van der Waals surface area contributed by atoms with Crippen LogP contribution in [-0.2, 0) is 57.3 Å². The maximum Gasteiger partial charge on any atom is 0.221 e. The van der Waals surface area contributed by atoms with E-state index in [1.165, 1.54) is 12.5 Å². The van der Waals surface area contributed by atoms with Crippen molar-refractivity contribution in [1.82, 2.24) is 87.2 Å². The quantitative estimate of drug-likeness (QED) is 0.0335. The molecule has 24 rings (SSSR count). The first-order valence-electron chi connectivity index (χ1n) is 47.3. The summed E-state index contributed by atoms with van der Waals surface area (Å²) in [5.74, 6) is 6.88. The largest absolute Gasteiger partial charge is 0.399 e. The highest BCUT2D eigenvalue weighted by atomic mass is 35.5. The van der Waals surface area contributed by atoms with Gasteiger partial charge in [0.05, 0.1) is 104 Å². The van der Waals surface area contributed by atoms with Gasteiger partial charge in [-0.3, -0.25) is 4.79 Å². The Morgan fingerprint density at radius 1 is 0.309 bits per heavy atom. The van der Waals surface area contributed by atoms with Crippen LogP contribution in [0.3, 0.4) is 0 Å². The maximum absolute atomic E-state index is 11.3. The van der Waals surface area contributed by atoms with E-state index in [1.54, 1.807) is 12.1 Å². The molecular formula is C115H106ClN29O4. The Balaban J connectivity index is 0.000000117. The molecule has 33 nitrogen and oxygen atoms in total. The van der Waals surface area contributed by atoms with Crippen LogP contribution in [0.1, 0.15) is 93.8 Å². The zero-order chi connectivity index (χ0) is 104. The first-order valence-corrected chi connectivity index (χ1v) is 47.7. The van der Waals surface area contributed by atoms with Crippen LogP contribution in [0.15, 0.2) is 274 Å². The van der Waals surface area contributed by atoms with E-state index in [4.69, 9.17) is 70.6 Å². The Morgan fingerprint density at radius 2 is 0.584 bits per heavy atom. The number of carbonyl (C=O) groups excluding carboxylic acids is 1. The predicted molar refractivity (Wildman–Crippen MR) is 599 cm³/mol. The van der Waals surface area contributed by atoms with Crippen molar-refractivity contribution in [3.63, 3.8) is 0 Å². The average molecular weight is 1990 g/mol. The summed E-state index contributed by atoms with van der Waals surface area (Å²) >= 11 is 5.95. The molecule has 12 aromatic heterocycles. The van der Waals surface area contributed by atoms with Crippen LogP contribution in [0.25, 0.3) is 146 Å². The monoisotopic (exact) mass is 1990 g/mol. The van der Waals surface area contributed by atoms with Crippen molar-refractivity contribution in [3.05, 3.63) is 381 Å². The lowest BCUT2D eigenvalue weighted by molar-refractivity contribution is -0.114. The van der Waals surface area contributed by atoms with E-state index < -0.39 is 0 Å². The van der Waals surface area contributed by atoms with Gasteiger partial charge in [0.1, 0.15) is 69.9 Å². The first-order chi connectivity index (χ1) is 71.5. The number of nitrogens with one attached hydrogen (secondary N) is 1. The van der Waals surface area contributed by atoms with Gasteiger partial charge in [-0.05, 0) is 256 Å². The molecule has 0 unspecified atom stereocenters. The molecule has 0 aliphatic carbocycles. The Labute approximate surface area is 860 Å². The maximum atomic E-state index is 11.3. The molecule has 12 heterocycles. The van der Waals surface area contributed by atoms with Crippen molar-refractivity contribution in [1.29, 1.82) is 0 Å². The number of amides is 1. The Hall–Kier alpha value is -19.1. The lowest BCUT2D eigenvalue weighted by Gasteiger charge is -2.13. The number of nitrogens with two attached hydrogens (primary N) is 8. The highest BCUT2D eigenvalue weighted by Gasteiger charge is 2.21. The Morgan fingerprint density at radius 3 is 0.913 bits per heavy atom. The van der Waals surface area contributed by atoms with Gasteiger partial charge in [-0.1, -0.05) is 85.8 Å². The van der Waals surface area contributed by atoms with Gasteiger partial charge < -0.3 is 93.9 Å². The molecule has 0 atom stereocenters. The van der Waals surface area contributed by atoms with Crippen LogP contribution in [0, 0.1) is 54.7 Å². The highest BCUT2D eigenvalue weighted by Crippen LogP contribution is 2.39. The highest BCUT2D eigenvalue weighted by molar-refractivity contribution is 6.30. The summed E-state index contributed by atoms with van der Waals surface area (Å²) in [6, 6.07) is 76.1. The van der Waals surface area contributed by atoms with E-state index in [2.05, 4.69) is 133 Å². The summed E-state index contributed by atoms with van der Waals surface area (Å²) in [6.45, 7) is 29.7. The van der Waals surface area contributed by atoms with Crippen molar-refractivity contribution in [2.75, 3.05) is 51.2 Å². The van der Waals surface area contributed by atoms with Crippen LogP contribution >= 0.6 is 11.6 Å². The minimum Gasteiger partial charge on any atom is -0.399 e. The van der Waals surface area contributed by atoms with Crippen LogP contribution in [0.4, 0.5) is 63.3 Å². The molecule has 24 aromatic rings. The summed E-state index contributed by atoms with van der Waals surface area (Å²) in [5, 5.41) is 43.9. The number of aryl methyl sites for hydroxylation is 6. The van der Waals surface area contributed by atoms with Crippen molar-refractivity contribution < 1.29 is 20.1 Å². The Bertz CT molecular complexity index is 9400. The number of carbonyl (C=O) groups is 1. The SMILES string of the molecule is C.CC(=O)Nc1ccc(Cn2ccc3c4c(N)nc(C)nc4ccc32)c(CO)c1.Cc1nc(N)c2c(ccc3c2ccn3Cc2cc(N)ccc2CO)n1.Cc1nc(N)c2c(ccc3c2ccn3Cc2ccc(Cl)cc2)n1.Cc1nc(N)c2c(ccc3c2ccn3Cc2ccc(N)cc2CO)n1.[C-]#[N+]c1ccc(-n2ccc3c4c(N)nc(C)nc4ccc32)cc1.[C-]#[N+]c1ccc(Cn2ccc3c4c(N)nc(C)nc4ccc32)cc1. The van der Waals surface area contributed by atoms with Crippen LogP contribution in [-0.4, -0.2) is 108 Å². The normalized spacial score (nSPS) is 11.2. The smallest absolute Gasteiger partial charge is 0.221 e. The number of hydrogen-bond donors (Lipinski definition) is 12. The molecule has 0 aliphatic rings. The fourth-order valence-electron chi connectivity index (χ4n) is 19.2.